The van der Waals surface area contributed by atoms with Gasteiger partial charge in [0.1, 0.15) is 23.0 Å². The van der Waals surface area contributed by atoms with Crippen molar-refractivity contribution >= 4 is 36.0 Å². The van der Waals surface area contributed by atoms with E-state index in [1.807, 2.05) is 84.9 Å². The number of hydrogen-bond acceptors (Lipinski definition) is 10. The summed E-state index contributed by atoms with van der Waals surface area (Å²) in [5.74, 6) is 13.3. The second kappa shape index (κ2) is 27.8. The molecule has 0 radical (unpaired) electrons. The van der Waals surface area contributed by atoms with Gasteiger partial charge in [-0.2, -0.15) is 0 Å². The average Bonchev–Trinajstić information content (AvgIpc) is 3.39. The molecule has 0 saturated heterocycles. The first-order chi connectivity index (χ1) is 35.0. The van der Waals surface area contributed by atoms with Crippen LogP contribution >= 0.6 is 0 Å². The molecule has 0 aliphatic carbocycles. The van der Waals surface area contributed by atoms with Crippen LogP contribution in [-0.2, 0) is 28.7 Å². The topological polar surface area (TPSA) is 124 Å². The van der Waals surface area contributed by atoms with E-state index in [0.29, 0.717) is 62.3 Å². The first kappa shape index (κ1) is 52.3. The summed E-state index contributed by atoms with van der Waals surface area (Å²) in [7, 11) is 0. The maximum Gasteiger partial charge on any atom is 0.336 e. The van der Waals surface area contributed by atoms with E-state index in [2.05, 4.69) is 75.0 Å². The van der Waals surface area contributed by atoms with Gasteiger partial charge in [0.15, 0.2) is 0 Å². The summed E-state index contributed by atoms with van der Waals surface area (Å²) in [6, 6.07) is 41.1. The fourth-order valence-electron chi connectivity index (χ4n) is 6.82. The number of rotatable bonds is 21. The Kier molecular flexibility index (Phi) is 20.2. The largest absolute Gasteiger partial charge is 0.494 e. The van der Waals surface area contributed by atoms with E-state index in [-0.39, 0.29) is 0 Å². The molecule has 0 unspecified atom stereocenters. The van der Waals surface area contributed by atoms with Gasteiger partial charge in [0.25, 0.3) is 0 Å². The van der Waals surface area contributed by atoms with Crippen LogP contribution in [0.4, 0.5) is 0 Å². The molecule has 0 aliphatic rings. The van der Waals surface area contributed by atoms with Crippen molar-refractivity contribution in [1.82, 2.24) is 0 Å². The molecule has 0 atom stereocenters. The van der Waals surface area contributed by atoms with Gasteiger partial charge in [-0.25, -0.2) is 19.2 Å². The van der Waals surface area contributed by atoms with E-state index in [9.17, 15) is 19.2 Å². The van der Waals surface area contributed by atoms with Crippen LogP contribution < -0.4 is 18.9 Å². The predicted octanol–water partition coefficient (Wildman–Crippen LogP) is 11.8. The molecule has 0 bridgehead atoms. The van der Waals surface area contributed by atoms with Gasteiger partial charge >= 0.3 is 23.9 Å². The molecule has 362 valence electrons. The van der Waals surface area contributed by atoms with Crippen molar-refractivity contribution in [2.45, 2.75) is 39.5 Å². The van der Waals surface area contributed by atoms with Crippen LogP contribution in [-0.4, -0.2) is 50.3 Å². The third-order valence-electron chi connectivity index (χ3n) is 10.6. The molecule has 6 aromatic carbocycles. The number of esters is 4. The number of hydrogen-bond donors (Lipinski definition) is 0. The number of aryl methyl sites for hydroxylation is 2. The third-order valence-corrected chi connectivity index (χ3v) is 10.6. The quantitative estimate of drug-likeness (QED) is 0.0226. The van der Waals surface area contributed by atoms with Crippen molar-refractivity contribution in [3.63, 3.8) is 0 Å². The number of carbonyl (C=O) groups is 4. The van der Waals surface area contributed by atoms with Gasteiger partial charge in [0.2, 0.25) is 0 Å². The lowest BCUT2D eigenvalue weighted by Crippen LogP contribution is -2.04. The second-order valence-corrected chi connectivity index (χ2v) is 16.1. The molecular weight excluding hydrogens is 905 g/mol. The van der Waals surface area contributed by atoms with E-state index < -0.39 is 23.9 Å². The Morgan fingerprint density at radius 1 is 0.417 bits per heavy atom. The minimum atomic E-state index is -0.501. The highest BCUT2D eigenvalue weighted by atomic mass is 16.5. The second-order valence-electron chi connectivity index (χ2n) is 16.1. The average molecular weight is 959 g/mol. The van der Waals surface area contributed by atoms with Crippen molar-refractivity contribution in [2.24, 2.45) is 0 Å². The molecule has 0 N–H and O–H groups in total. The molecule has 6 aromatic rings. The third kappa shape index (κ3) is 17.8. The van der Waals surface area contributed by atoms with E-state index in [0.717, 1.165) is 80.6 Å². The lowest BCUT2D eigenvalue weighted by atomic mass is 9.94. The highest BCUT2D eigenvalue weighted by Crippen LogP contribution is 2.28. The summed E-state index contributed by atoms with van der Waals surface area (Å²) in [5, 5.41) is 0. The highest BCUT2D eigenvalue weighted by Gasteiger charge is 2.08. The highest BCUT2D eigenvalue weighted by molar-refractivity contribution is 5.89. The zero-order chi connectivity index (χ0) is 50.9. The van der Waals surface area contributed by atoms with E-state index >= 15 is 0 Å². The Labute approximate surface area is 421 Å². The van der Waals surface area contributed by atoms with Crippen LogP contribution in [0, 0.1) is 37.5 Å². The van der Waals surface area contributed by atoms with Gasteiger partial charge in [-0.15, -0.1) is 0 Å². The Balaban J connectivity index is 0.924. The van der Waals surface area contributed by atoms with Crippen LogP contribution in [0.1, 0.15) is 70.2 Å². The van der Waals surface area contributed by atoms with Gasteiger partial charge in [0.05, 0.1) is 26.4 Å². The summed E-state index contributed by atoms with van der Waals surface area (Å²) >= 11 is 0. The Morgan fingerprint density at radius 2 is 0.750 bits per heavy atom. The fraction of sp³-hybridized carbons (Fsp3) is 0.161. The summed E-state index contributed by atoms with van der Waals surface area (Å²) in [5.41, 5.74) is 9.35. The van der Waals surface area contributed by atoms with Crippen molar-refractivity contribution in [3.05, 3.63) is 215 Å². The molecule has 10 heteroatoms. The number of benzene rings is 6. The summed E-state index contributed by atoms with van der Waals surface area (Å²) in [6.45, 7) is 12.5. The minimum absolute atomic E-state index is 0.326. The normalized spacial score (nSPS) is 10.5. The summed E-state index contributed by atoms with van der Waals surface area (Å²) in [4.78, 5) is 47.2. The van der Waals surface area contributed by atoms with Crippen LogP contribution in [0.5, 0.6) is 23.0 Å². The monoisotopic (exact) mass is 958 g/mol. The number of ether oxygens (including phenoxy) is 6. The van der Waals surface area contributed by atoms with Crippen LogP contribution in [0.2, 0.25) is 0 Å². The van der Waals surface area contributed by atoms with Gasteiger partial charge in [-0.1, -0.05) is 73.2 Å². The molecule has 0 heterocycles. The maximum atomic E-state index is 12.5. The van der Waals surface area contributed by atoms with Gasteiger partial charge in [0, 0.05) is 46.6 Å². The van der Waals surface area contributed by atoms with Crippen molar-refractivity contribution in [2.75, 3.05) is 26.4 Å². The SMILES string of the molecule is C=CC(=O)OCCCCOc1ccc(/C=C/C(=O)Oc2ccc(C#Cc3ccc(-c4ccc(C#Cc5ccc(OC(=O)/C=C/c6ccc(OCCCCOC(=O)C=C)cc6)cc5)cc4C)c(C)c3)cc2)cc1. The van der Waals surface area contributed by atoms with E-state index in [1.54, 1.807) is 36.4 Å². The summed E-state index contributed by atoms with van der Waals surface area (Å²) in [6.07, 6.45) is 11.2. The standard InChI is InChI=1S/C62H54O10/c1-5-59(63)69-41-9-7-39-67-53-27-15-49(16-28-53)25-37-61(65)71-55-31-19-47(20-32-55)11-13-51-23-35-57(45(3)43-51)58-36-24-52(44-46(58)4)14-12-48-21-33-56(34-22-48)72-62(66)38-26-50-17-29-54(30-18-50)68-40-8-10-42-70-60(64)6-2/h5-6,15-38,43-44H,1-2,7-10,39-42H2,3-4H3/b37-25+,38-26+. The Bertz CT molecular complexity index is 2820. The predicted molar refractivity (Wildman–Crippen MR) is 280 cm³/mol. The molecule has 10 nitrogen and oxygen atoms in total. The molecule has 6 rings (SSSR count). The fourth-order valence-corrected chi connectivity index (χ4v) is 6.82. The minimum Gasteiger partial charge on any atom is -0.494 e. The zero-order valence-electron chi connectivity index (χ0n) is 40.3. The van der Waals surface area contributed by atoms with Crippen LogP contribution in [0.25, 0.3) is 23.3 Å². The van der Waals surface area contributed by atoms with Crippen LogP contribution in [0.3, 0.4) is 0 Å². The molecule has 0 fully saturated rings. The molecule has 0 aliphatic heterocycles. The molecule has 0 amide bonds. The maximum absolute atomic E-state index is 12.5. The van der Waals surface area contributed by atoms with Crippen molar-refractivity contribution in [1.29, 1.82) is 0 Å². The molecular formula is C62H54O10. The van der Waals surface area contributed by atoms with Gasteiger partial charge in [-0.3, -0.25) is 0 Å². The molecule has 0 saturated carbocycles. The van der Waals surface area contributed by atoms with E-state index in [4.69, 9.17) is 28.4 Å². The van der Waals surface area contributed by atoms with Crippen LogP contribution in [0.15, 0.2) is 171 Å². The Hall–Kier alpha value is -9.12. The zero-order valence-corrected chi connectivity index (χ0v) is 40.3. The molecule has 0 aromatic heterocycles. The lowest BCUT2D eigenvalue weighted by Gasteiger charge is -2.10. The van der Waals surface area contributed by atoms with Gasteiger partial charge < -0.3 is 28.4 Å². The first-order valence-electron chi connectivity index (χ1n) is 23.3. The number of carbonyl (C=O) groups excluding carboxylic acids is 4. The summed E-state index contributed by atoms with van der Waals surface area (Å²) < 4.78 is 32.3. The molecule has 72 heavy (non-hydrogen) atoms. The number of unbranched alkanes of at least 4 members (excludes halogenated alkanes) is 2. The lowest BCUT2D eigenvalue weighted by molar-refractivity contribution is -0.138. The molecule has 0 spiro atoms. The smallest absolute Gasteiger partial charge is 0.336 e. The van der Waals surface area contributed by atoms with E-state index in [1.165, 1.54) is 12.2 Å². The first-order valence-corrected chi connectivity index (χ1v) is 23.3. The van der Waals surface area contributed by atoms with Crippen molar-refractivity contribution in [3.8, 4) is 57.8 Å². The van der Waals surface area contributed by atoms with Crippen molar-refractivity contribution < 1.29 is 47.6 Å². The van der Waals surface area contributed by atoms with Gasteiger partial charge in [-0.05, 0) is 182 Å². The Morgan fingerprint density at radius 3 is 1.11 bits per heavy atom.